The third kappa shape index (κ3) is 2.76. The van der Waals surface area contributed by atoms with E-state index in [1.54, 1.807) is 20.8 Å². The number of rotatable bonds is 4. The van der Waals surface area contributed by atoms with Crippen molar-refractivity contribution >= 4 is 33.3 Å². The summed E-state index contributed by atoms with van der Waals surface area (Å²) in [6.07, 6.45) is 1.14. The molecule has 0 aromatic carbocycles. The van der Waals surface area contributed by atoms with E-state index in [1.165, 1.54) is 0 Å². The van der Waals surface area contributed by atoms with Gasteiger partial charge in [0, 0.05) is 5.56 Å². The minimum Gasteiger partial charge on any atom is -0.368 e. The van der Waals surface area contributed by atoms with E-state index >= 15 is 0 Å². The summed E-state index contributed by atoms with van der Waals surface area (Å²) in [5.41, 5.74) is 4.56. The number of carbonyl (C=O) groups is 1. The molecule has 0 atom stereocenters. The average molecular weight is 317 g/mol. The summed E-state index contributed by atoms with van der Waals surface area (Å²) in [5, 5.41) is 13.6. The number of primary amides is 1. The molecule has 3 N–H and O–H groups in total. The molecule has 0 aliphatic carbocycles. The van der Waals surface area contributed by atoms with E-state index in [0.29, 0.717) is 15.9 Å². The van der Waals surface area contributed by atoms with Gasteiger partial charge in [-0.05, 0) is 36.7 Å². The van der Waals surface area contributed by atoms with Gasteiger partial charge < -0.3 is 11.1 Å². The Morgan fingerprint density at radius 2 is 2.17 bits per heavy atom. The molecule has 1 aromatic rings. The molecule has 1 aromatic heterocycles. The number of anilines is 1. The minimum atomic E-state index is -1.00. The normalized spacial score (nSPS) is 11.1. The molecule has 0 saturated carbocycles. The van der Waals surface area contributed by atoms with E-state index in [0.717, 1.165) is 6.20 Å². The Bertz CT molecular complexity index is 516. The second-order valence-corrected chi connectivity index (χ2v) is 5.10. The van der Waals surface area contributed by atoms with Crippen molar-refractivity contribution in [3.05, 3.63) is 26.3 Å². The number of carbonyl (C=O) groups excluding carboxylic acids is 1. The van der Waals surface area contributed by atoms with E-state index in [4.69, 9.17) is 5.73 Å². The molecule has 18 heavy (non-hydrogen) atoms. The van der Waals surface area contributed by atoms with Crippen LogP contribution >= 0.6 is 15.9 Å². The van der Waals surface area contributed by atoms with Crippen molar-refractivity contribution in [2.24, 2.45) is 5.73 Å². The number of hydrogen-bond acceptors (Lipinski definition) is 5. The van der Waals surface area contributed by atoms with Crippen molar-refractivity contribution in [3.8, 4) is 0 Å². The number of pyridine rings is 1. The second-order valence-electron chi connectivity index (χ2n) is 4.30. The van der Waals surface area contributed by atoms with Gasteiger partial charge in [-0.15, -0.1) is 0 Å². The molecule has 1 rings (SSSR count). The molecule has 0 bridgehead atoms. The number of nitrogens with zero attached hydrogens (tertiary/aromatic N) is 2. The fourth-order valence-electron chi connectivity index (χ4n) is 1.20. The zero-order chi connectivity index (χ0) is 14.1. The molecule has 0 saturated heterocycles. The van der Waals surface area contributed by atoms with Crippen LogP contribution in [0, 0.1) is 17.0 Å². The van der Waals surface area contributed by atoms with Gasteiger partial charge in [-0.3, -0.25) is 14.9 Å². The smallest absolute Gasteiger partial charge is 0.291 e. The number of halogens is 1. The van der Waals surface area contributed by atoms with Gasteiger partial charge in [-0.2, -0.15) is 0 Å². The van der Waals surface area contributed by atoms with E-state index in [-0.39, 0.29) is 5.69 Å². The molecule has 8 heteroatoms. The summed E-state index contributed by atoms with van der Waals surface area (Å²) in [6, 6.07) is 0. The lowest BCUT2D eigenvalue weighted by atomic mass is 10.1. The molecule has 0 fully saturated rings. The van der Waals surface area contributed by atoms with Crippen LogP contribution < -0.4 is 11.1 Å². The monoisotopic (exact) mass is 316 g/mol. The lowest BCUT2D eigenvalue weighted by Crippen LogP contribution is -2.45. The van der Waals surface area contributed by atoms with Crippen LogP contribution in [0.25, 0.3) is 0 Å². The number of aromatic nitrogens is 1. The Morgan fingerprint density at radius 1 is 1.61 bits per heavy atom. The van der Waals surface area contributed by atoms with Gasteiger partial charge in [0.15, 0.2) is 0 Å². The van der Waals surface area contributed by atoms with Crippen LogP contribution in [0.3, 0.4) is 0 Å². The Kier molecular flexibility index (Phi) is 3.90. The molecule has 1 amide bonds. The number of nitrogens with one attached hydrogen (secondary N) is 1. The van der Waals surface area contributed by atoms with Crippen molar-refractivity contribution < 1.29 is 9.72 Å². The standard InChI is InChI=1S/C10H13BrN4O3/c1-5-6(15(17)18)4-13-8(7(5)11)14-10(2,3)9(12)16/h4H,1-3H3,(H2,12,16)(H,13,14). The Hall–Kier alpha value is -1.70. The van der Waals surface area contributed by atoms with Crippen molar-refractivity contribution in [1.82, 2.24) is 4.98 Å². The maximum atomic E-state index is 11.2. The topological polar surface area (TPSA) is 111 Å². The van der Waals surface area contributed by atoms with Crippen molar-refractivity contribution in [3.63, 3.8) is 0 Å². The Morgan fingerprint density at radius 3 is 2.61 bits per heavy atom. The summed E-state index contributed by atoms with van der Waals surface area (Å²) in [4.78, 5) is 25.3. The van der Waals surface area contributed by atoms with Crippen LogP contribution in [0.5, 0.6) is 0 Å². The van der Waals surface area contributed by atoms with E-state index in [2.05, 4.69) is 26.2 Å². The van der Waals surface area contributed by atoms with E-state index in [9.17, 15) is 14.9 Å². The van der Waals surface area contributed by atoms with Crippen LogP contribution in [0.15, 0.2) is 10.7 Å². The SMILES string of the molecule is Cc1c([N+](=O)[O-])cnc(NC(C)(C)C(N)=O)c1Br. The molecule has 0 spiro atoms. The molecular weight excluding hydrogens is 304 g/mol. The largest absolute Gasteiger partial charge is 0.368 e. The highest BCUT2D eigenvalue weighted by atomic mass is 79.9. The van der Waals surface area contributed by atoms with Gasteiger partial charge in [0.25, 0.3) is 5.69 Å². The molecule has 1 heterocycles. The van der Waals surface area contributed by atoms with E-state index < -0.39 is 16.4 Å². The number of amides is 1. The zero-order valence-corrected chi connectivity index (χ0v) is 11.7. The van der Waals surface area contributed by atoms with E-state index in [1.807, 2.05) is 0 Å². The predicted molar refractivity (Wildman–Crippen MR) is 70.2 cm³/mol. The summed E-state index contributed by atoms with van der Waals surface area (Å²) < 4.78 is 0.436. The van der Waals surface area contributed by atoms with Crippen molar-refractivity contribution in [2.75, 3.05) is 5.32 Å². The predicted octanol–water partition coefficient (Wildman–Crippen LogP) is 1.74. The van der Waals surface area contributed by atoms with Crippen LogP contribution in [0.4, 0.5) is 11.5 Å². The Labute approximate surface area is 112 Å². The molecule has 0 aliphatic rings. The van der Waals surface area contributed by atoms with Crippen LogP contribution in [-0.4, -0.2) is 21.4 Å². The lowest BCUT2D eigenvalue weighted by Gasteiger charge is -2.23. The highest BCUT2D eigenvalue weighted by molar-refractivity contribution is 9.10. The summed E-state index contributed by atoms with van der Waals surface area (Å²) in [7, 11) is 0. The molecule has 0 aliphatic heterocycles. The lowest BCUT2D eigenvalue weighted by molar-refractivity contribution is -0.385. The number of hydrogen-bond donors (Lipinski definition) is 2. The number of nitro groups is 1. The minimum absolute atomic E-state index is 0.0932. The summed E-state index contributed by atoms with van der Waals surface area (Å²) >= 11 is 3.22. The van der Waals surface area contributed by atoms with Gasteiger partial charge >= 0.3 is 0 Å². The average Bonchev–Trinajstić information content (AvgIpc) is 2.24. The first-order chi connectivity index (χ1) is 8.16. The molecule has 98 valence electrons. The fraction of sp³-hybridized carbons (Fsp3) is 0.400. The van der Waals surface area contributed by atoms with Gasteiger partial charge in [-0.1, -0.05) is 0 Å². The molecule has 7 nitrogen and oxygen atoms in total. The van der Waals surface area contributed by atoms with Gasteiger partial charge in [-0.25, -0.2) is 4.98 Å². The summed E-state index contributed by atoms with van der Waals surface area (Å²) in [5.74, 6) is -0.214. The molecule has 0 radical (unpaired) electrons. The van der Waals surface area contributed by atoms with Gasteiger partial charge in [0.1, 0.15) is 17.6 Å². The highest BCUT2D eigenvalue weighted by Gasteiger charge is 2.27. The third-order valence-electron chi connectivity index (χ3n) is 2.48. The zero-order valence-electron chi connectivity index (χ0n) is 10.2. The molecular formula is C10H13BrN4O3. The van der Waals surface area contributed by atoms with Gasteiger partial charge in [0.2, 0.25) is 5.91 Å². The van der Waals surface area contributed by atoms with Crippen molar-refractivity contribution in [2.45, 2.75) is 26.3 Å². The first-order valence-corrected chi connectivity index (χ1v) is 5.83. The van der Waals surface area contributed by atoms with Crippen LogP contribution in [0.1, 0.15) is 19.4 Å². The van der Waals surface area contributed by atoms with Gasteiger partial charge in [0.05, 0.1) is 9.40 Å². The summed E-state index contributed by atoms with van der Waals surface area (Å²) in [6.45, 7) is 4.78. The quantitative estimate of drug-likeness (QED) is 0.649. The highest BCUT2D eigenvalue weighted by Crippen LogP contribution is 2.31. The first-order valence-electron chi connectivity index (χ1n) is 5.04. The van der Waals surface area contributed by atoms with Crippen LogP contribution in [0.2, 0.25) is 0 Å². The van der Waals surface area contributed by atoms with Crippen LogP contribution in [-0.2, 0) is 4.79 Å². The first kappa shape index (κ1) is 14.4. The Balaban J connectivity index is 3.18. The van der Waals surface area contributed by atoms with Crippen molar-refractivity contribution in [1.29, 1.82) is 0 Å². The third-order valence-corrected chi connectivity index (χ3v) is 3.45. The fourth-order valence-corrected chi connectivity index (χ4v) is 1.60. The molecule has 0 unspecified atom stereocenters. The maximum Gasteiger partial charge on any atom is 0.291 e. The second kappa shape index (κ2) is 4.89. The maximum absolute atomic E-state index is 11.2. The number of nitrogens with two attached hydrogens (primary N) is 1.